The fourth-order valence-electron chi connectivity index (χ4n) is 2.18. The Morgan fingerprint density at radius 2 is 1.27 bits per heavy atom. The predicted octanol–water partition coefficient (Wildman–Crippen LogP) is 6.67. The number of hydrogen-bond donors (Lipinski definition) is 1. The van der Waals surface area contributed by atoms with Crippen LogP contribution in [0.3, 0.4) is 0 Å². The molecule has 2 rings (SSSR count). The van der Waals surface area contributed by atoms with Gasteiger partial charge < -0.3 is 19.3 Å². The van der Waals surface area contributed by atoms with Crippen LogP contribution in [0.1, 0.15) is 62.3 Å². The van der Waals surface area contributed by atoms with Gasteiger partial charge in [0, 0.05) is 11.1 Å². The highest BCUT2D eigenvalue weighted by atomic mass is 79.9. The summed E-state index contributed by atoms with van der Waals surface area (Å²) in [5.41, 5.74) is 0.195. The van der Waals surface area contributed by atoms with Gasteiger partial charge in [-0.25, -0.2) is 4.79 Å². The van der Waals surface area contributed by atoms with E-state index < -0.39 is 11.6 Å². The molecule has 0 aromatic heterocycles. The number of benzene rings is 2. The Kier molecular flexibility index (Phi) is 15.6. The van der Waals surface area contributed by atoms with E-state index in [-0.39, 0.29) is 29.3 Å². The molecule has 2 aromatic carbocycles. The summed E-state index contributed by atoms with van der Waals surface area (Å²) in [6.45, 7) is 10.7. The molecular formula is C26H31Br3O8. The summed E-state index contributed by atoms with van der Waals surface area (Å²) in [6, 6.07) is 9.43. The van der Waals surface area contributed by atoms with Gasteiger partial charge in [-0.15, -0.1) is 0 Å². The minimum atomic E-state index is -0.529. The van der Waals surface area contributed by atoms with Crippen LogP contribution in [0.4, 0.5) is 0 Å². The van der Waals surface area contributed by atoms with Gasteiger partial charge >= 0.3 is 11.9 Å². The smallest absolute Gasteiger partial charge is 0.344 e. The number of phenolic OH excluding ortho intramolecular Hbond substituents is 1. The lowest BCUT2D eigenvalue weighted by Gasteiger charge is -2.19. The number of rotatable bonds is 6. The van der Waals surface area contributed by atoms with Crippen LogP contribution in [0.5, 0.6) is 11.5 Å². The van der Waals surface area contributed by atoms with Crippen molar-refractivity contribution in [3.8, 4) is 11.5 Å². The van der Waals surface area contributed by atoms with Crippen LogP contribution >= 0.6 is 47.8 Å². The van der Waals surface area contributed by atoms with Crippen LogP contribution in [0.25, 0.3) is 0 Å². The molecule has 11 heteroatoms. The lowest BCUT2D eigenvalue weighted by atomic mass is 10.2. The number of aldehydes is 2. The zero-order valence-corrected chi connectivity index (χ0v) is 26.2. The van der Waals surface area contributed by atoms with E-state index in [4.69, 9.17) is 19.3 Å². The Bertz CT molecular complexity index is 1060. The van der Waals surface area contributed by atoms with Gasteiger partial charge in [0.05, 0.1) is 8.95 Å². The Morgan fingerprint density at radius 1 is 0.811 bits per heavy atom. The van der Waals surface area contributed by atoms with Crippen LogP contribution in [-0.4, -0.2) is 52.8 Å². The quantitative estimate of drug-likeness (QED) is 0.201. The Balaban J connectivity index is 0.000000577. The predicted molar refractivity (Wildman–Crippen MR) is 152 cm³/mol. The SMILES string of the molecule is CC(C)(C)OC(=O)CBr.CC(C)(C)OC(=O)COc1ccc(C=O)cc1Br.O=Cc1ccc(O)c(Br)c1. The van der Waals surface area contributed by atoms with Crippen molar-refractivity contribution in [2.75, 3.05) is 11.9 Å². The second kappa shape index (κ2) is 16.6. The summed E-state index contributed by atoms with van der Waals surface area (Å²) in [6.07, 6.45) is 1.46. The maximum Gasteiger partial charge on any atom is 0.344 e. The van der Waals surface area contributed by atoms with E-state index in [9.17, 15) is 19.2 Å². The number of hydrogen-bond acceptors (Lipinski definition) is 8. The summed E-state index contributed by atoms with van der Waals surface area (Å²) < 4.78 is 16.5. The zero-order chi connectivity index (χ0) is 28.8. The van der Waals surface area contributed by atoms with E-state index in [0.29, 0.717) is 25.8 Å². The van der Waals surface area contributed by atoms with Gasteiger partial charge in [0.1, 0.15) is 40.6 Å². The highest BCUT2D eigenvalue weighted by molar-refractivity contribution is 9.11. The molecule has 0 atom stereocenters. The summed E-state index contributed by atoms with van der Waals surface area (Å²) in [5.74, 6) is -0.0200. The van der Waals surface area contributed by atoms with Gasteiger partial charge in [-0.3, -0.25) is 14.4 Å². The van der Waals surface area contributed by atoms with Crippen LogP contribution in [0.2, 0.25) is 0 Å². The van der Waals surface area contributed by atoms with E-state index in [1.165, 1.54) is 6.07 Å². The lowest BCUT2D eigenvalue weighted by molar-refractivity contribution is -0.157. The highest BCUT2D eigenvalue weighted by Gasteiger charge is 2.17. The normalized spacial score (nSPS) is 10.5. The van der Waals surface area contributed by atoms with Crippen molar-refractivity contribution < 1.29 is 38.5 Å². The largest absolute Gasteiger partial charge is 0.507 e. The average molecular weight is 711 g/mol. The molecule has 0 fully saturated rings. The van der Waals surface area contributed by atoms with Crippen molar-refractivity contribution in [2.45, 2.75) is 52.7 Å². The molecule has 0 amide bonds. The molecule has 8 nitrogen and oxygen atoms in total. The first-order valence-corrected chi connectivity index (χ1v) is 13.5. The fraction of sp³-hybridized carbons (Fsp3) is 0.385. The van der Waals surface area contributed by atoms with E-state index in [2.05, 4.69) is 47.8 Å². The molecule has 204 valence electrons. The minimum absolute atomic E-state index is 0.144. The van der Waals surface area contributed by atoms with Crippen molar-refractivity contribution in [3.05, 3.63) is 56.5 Å². The van der Waals surface area contributed by atoms with Crippen molar-refractivity contribution in [2.24, 2.45) is 0 Å². The van der Waals surface area contributed by atoms with Crippen molar-refractivity contribution in [1.82, 2.24) is 0 Å². The van der Waals surface area contributed by atoms with Gasteiger partial charge in [-0.2, -0.15) is 0 Å². The maximum atomic E-state index is 11.4. The summed E-state index contributed by atoms with van der Waals surface area (Å²) in [4.78, 5) is 42.7. The first-order valence-electron chi connectivity index (χ1n) is 10.8. The van der Waals surface area contributed by atoms with Crippen LogP contribution in [0, 0.1) is 0 Å². The number of aromatic hydroxyl groups is 1. The third kappa shape index (κ3) is 17.0. The molecule has 0 heterocycles. The third-order valence-electron chi connectivity index (χ3n) is 3.49. The Morgan fingerprint density at radius 3 is 1.65 bits per heavy atom. The Hall–Kier alpha value is -2.24. The number of halogens is 3. The molecule has 0 aliphatic carbocycles. The fourth-order valence-corrected chi connectivity index (χ4v) is 3.20. The third-order valence-corrected chi connectivity index (χ3v) is 5.21. The van der Waals surface area contributed by atoms with Gasteiger partial charge in [0.15, 0.2) is 6.61 Å². The molecule has 1 N–H and O–H groups in total. The first-order chi connectivity index (χ1) is 17.0. The van der Waals surface area contributed by atoms with Gasteiger partial charge in [-0.1, -0.05) is 15.9 Å². The van der Waals surface area contributed by atoms with Crippen molar-refractivity contribution >= 4 is 72.3 Å². The maximum absolute atomic E-state index is 11.4. The summed E-state index contributed by atoms with van der Waals surface area (Å²) in [5, 5.41) is 9.24. The lowest BCUT2D eigenvalue weighted by Crippen LogP contribution is -2.27. The number of carbonyl (C=O) groups excluding carboxylic acids is 4. The standard InChI is InChI=1S/C13H15BrO4.C7H5BrO2.C6H11BrO2/c1-13(2,3)18-12(16)8-17-11-5-4-9(7-15)6-10(11)14;8-6-3-5(4-9)1-2-7(6)10;1-6(2,3)9-5(8)4-7/h4-7H,8H2,1-3H3;1-4,10H;4H2,1-3H3. The molecule has 2 aromatic rings. The van der Waals surface area contributed by atoms with Crippen molar-refractivity contribution in [1.29, 1.82) is 0 Å². The van der Waals surface area contributed by atoms with Gasteiger partial charge in [0.2, 0.25) is 0 Å². The zero-order valence-electron chi connectivity index (χ0n) is 21.5. The van der Waals surface area contributed by atoms with E-state index in [1.807, 2.05) is 20.8 Å². The molecule has 0 aliphatic rings. The van der Waals surface area contributed by atoms with E-state index >= 15 is 0 Å². The Labute approximate surface area is 242 Å². The van der Waals surface area contributed by atoms with Gasteiger partial charge in [0.25, 0.3) is 0 Å². The minimum Gasteiger partial charge on any atom is -0.507 e. The second-order valence-electron chi connectivity index (χ2n) is 9.23. The molecule has 0 saturated carbocycles. The summed E-state index contributed by atoms with van der Waals surface area (Å²) in [7, 11) is 0. The van der Waals surface area contributed by atoms with E-state index in [0.717, 1.165) is 12.6 Å². The number of alkyl halides is 1. The molecule has 0 spiro atoms. The van der Waals surface area contributed by atoms with Gasteiger partial charge in [-0.05, 0) is 110 Å². The number of carbonyl (C=O) groups is 4. The van der Waals surface area contributed by atoms with Crippen LogP contribution in [0.15, 0.2) is 45.3 Å². The molecule has 0 radical (unpaired) electrons. The van der Waals surface area contributed by atoms with Crippen molar-refractivity contribution in [3.63, 3.8) is 0 Å². The summed E-state index contributed by atoms with van der Waals surface area (Å²) >= 11 is 9.33. The van der Waals surface area contributed by atoms with Crippen LogP contribution < -0.4 is 4.74 Å². The topological polar surface area (TPSA) is 116 Å². The second-order valence-corrected chi connectivity index (χ2v) is 11.5. The average Bonchev–Trinajstić information content (AvgIpc) is 2.78. The molecule has 0 aliphatic heterocycles. The van der Waals surface area contributed by atoms with E-state index in [1.54, 1.807) is 51.1 Å². The molecular weight excluding hydrogens is 680 g/mol. The van der Waals surface area contributed by atoms with Crippen LogP contribution in [-0.2, 0) is 19.1 Å². The molecule has 0 saturated heterocycles. The molecule has 0 unspecified atom stereocenters. The number of ether oxygens (including phenoxy) is 3. The monoisotopic (exact) mass is 708 g/mol. The molecule has 37 heavy (non-hydrogen) atoms. The molecule has 0 bridgehead atoms. The first kappa shape index (κ1) is 34.8. The number of esters is 2. The highest BCUT2D eigenvalue weighted by Crippen LogP contribution is 2.25. The number of phenols is 1.